The van der Waals surface area contributed by atoms with Gasteiger partial charge in [-0.2, -0.15) is 0 Å². The van der Waals surface area contributed by atoms with Gasteiger partial charge < -0.3 is 11.1 Å². The van der Waals surface area contributed by atoms with Crippen LogP contribution in [0.1, 0.15) is 37.0 Å². The molecular weight excluding hydrogens is 256 g/mol. The van der Waals surface area contributed by atoms with Crippen LogP contribution in [0.2, 0.25) is 0 Å². The Kier molecular flexibility index (Phi) is 4.88. The maximum absolute atomic E-state index is 12.2. The molecule has 0 spiro atoms. The number of thioether (sulfide) groups is 1. The van der Waals surface area contributed by atoms with Gasteiger partial charge in [0.05, 0.1) is 5.56 Å². The predicted molar refractivity (Wildman–Crippen MR) is 80.5 cm³/mol. The van der Waals surface area contributed by atoms with E-state index < -0.39 is 0 Å². The molecule has 1 aromatic rings. The van der Waals surface area contributed by atoms with Crippen LogP contribution in [-0.2, 0) is 0 Å². The summed E-state index contributed by atoms with van der Waals surface area (Å²) in [6.45, 7) is 4.83. The predicted octanol–water partition coefficient (Wildman–Crippen LogP) is 2.65. The minimum Gasteiger partial charge on any atom is -0.350 e. The highest BCUT2D eigenvalue weighted by Gasteiger charge is 2.28. The van der Waals surface area contributed by atoms with Gasteiger partial charge in [0.15, 0.2) is 0 Å². The minimum atomic E-state index is -0.0140. The van der Waals surface area contributed by atoms with E-state index in [2.05, 4.69) is 19.2 Å². The fourth-order valence-corrected chi connectivity index (χ4v) is 2.96. The number of carbonyl (C=O) groups is 1. The van der Waals surface area contributed by atoms with E-state index in [0.717, 1.165) is 10.5 Å². The zero-order chi connectivity index (χ0) is 13.8. The number of hydrogen-bond donors (Lipinski definition) is 2. The second-order valence-electron chi connectivity index (χ2n) is 5.37. The van der Waals surface area contributed by atoms with Crippen LogP contribution in [0.5, 0.6) is 0 Å². The van der Waals surface area contributed by atoms with Gasteiger partial charge in [0.1, 0.15) is 0 Å². The molecule has 1 unspecified atom stereocenters. The van der Waals surface area contributed by atoms with Crippen molar-refractivity contribution in [3.05, 3.63) is 29.8 Å². The van der Waals surface area contributed by atoms with E-state index in [1.807, 2.05) is 24.3 Å². The smallest absolute Gasteiger partial charge is 0.252 e. The lowest BCUT2D eigenvalue weighted by molar-refractivity contribution is 0.0947. The van der Waals surface area contributed by atoms with Gasteiger partial charge in [-0.1, -0.05) is 26.0 Å². The Morgan fingerprint density at radius 1 is 1.42 bits per heavy atom. The fraction of sp³-hybridized carbons (Fsp3) is 0.533. The standard InChI is InChI=1S/C15H22N2OS/c1-10(2)19-14-6-4-3-5-12(14)15(18)17-9-13(16)11-7-8-11/h3-6,10-11,13H,7-9,16H2,1-2H3,(H,17,18). The summed E-state index contributed by atoms with van der Waals surface area (Å²) >= 11 is 1.71. The molecule has 19 heavy (non-hydrogen) atoms. The SMILES string of the molecule is CC(C)Sc1ccccc1C(=O)NCC(N)C1CC1. The Bertz CT molecular complexity index is 444. The monoisotopic (exact) mass is 278 g/mol. The minimum absolute atomic E-state index is 0.0140. The van der Waals surface area contributed by atoms with Crippen molar-refractivity contribution in [3.8, 4) is 0 Å². The Morgan fingerprint density at radius 2 is 2.11 bits per heavy atom. The molecule has 0 aliphatic heterocycles. The number of nitrogens with one attached hydrogen (secondary N) is 1. The molecule has 0 bridgehead atoms. The zero-order valence-electron chi connectivity index (χ0n) is 11.6. The molecule has 1 amide bonds. The molecule has 2 rings (SSSR count). The highest BCUT2D eigenvalue weighted by Crippen LogP contribution is 2.31. The van der Waals surface area contributed by atoms with Crippen LogP contribution in [-0.4, -0.2) is 23.7 Å². The first-order chi connectivity index (χ1) is 9.08. The van der Waals surface area contributed by atoms with Crippen molar-refractivity contribution < 1.29 is 4.79 Å². The average Bonchev–Trinajstić information content (AvgIpc) is 3.19. The van der Waals surface area contributed by atoms with Gasteiger partial charge >= 0.3 is 0 Å². The maximum atomic E-state index is 12.2. The Morgan fingerprint density at radius 3 is 2.74 bits per heavy atom. The summed E-state index contributed by atoms with van der Waals surface area (Å²) in [7, 11) is 0. The van der Waals surface area contributed by atoms with E-state index in [1.165, 1.54) is 12.8 Å². The molecule has 1 fully saturated rings. The summed E-state index contributed by atoms with van der Waals surface area (Å²) in [6, 6.07) is 7.86. The van der Waals surface area contributed by atoms with Gasteiger partial charge in [-0.3, -0.25) is 4.79 Å². The Labute approximate surface area is 119 Å². The van der Waals surface area contributed by atoms with Gasteiger partial charge in [0.2, 0.25) is 0 Å². The molecule has 104 valence electrons. The lowest BCUT2D eigenvalue weighted by atomic mass is 10.2. The molecule has 0 aromatic heterocycles. The van der Waals surface area contributed by atoms with Crippen molar-refractivity contribution in [3.63, 3.8) is 0 Å². The van der Waals surface area contributed by atoms with E-state index in [1.54, 1.807) is 11.8 Å². The molecule has 0 heterocycles. The van der Waals surface area contributed by atoms with Gasteiger partial charge in [-0.15, -0.1) is 11.8 Å². The van der Waals surface area contributed by atoms with Crippen LogP contribution >= 0.6 is 11.8 Å². The largest absolute Gasteiger partial charge is 0.350 e. The zero-order valence-corrected chi connectivity index (χ0v) is 12.4. The molecule has 1 aromatic carbocycles. The summed E-state index contributed by atoms with van der Waals surface area (Å²) in [5.41, 5.74) is 6.76. The second-order valence-corrected chi connectivity index (χ2v) is 6.99. The molecule has 0 saturated heterocycles. The summed E-state index contributed by atoms with van der Waals surface area (Å²) in [4.78, 5) is 13.3. The van der Waals surface area contributed by atoms with Crippen LogP contribution in [0.25, 0.3) is 0 Å². The van der Waals surface area contributed by atoms with E-state index >= 15 is 0 Å². The molecular formula is C15H22N2OS. The number of carbonyl (C=O) groups excluding carboxylic acids is 1. The second kappa shape index (κ2) is 6.44. The summed E-state index contributed by atoms with van der Waals surface area (Å²) in [5.74, 6) is 0.598. The average molecular weight is 278 g/mol. The third-order valence-corrected chi connectivity index (χ3v) is 4.30. The van der Waals surface area contributed by atoms with Crippen LogP contribution in [0.3, 0.4) is 0 Å². The van der Waals surface area contributed by atoms with Crippen molar-refractivity contribution in [2.75, 3.05) is 6.54 Å². The summed E-state index contributed by atoms with van der Waals surface area (Å²) < 4.78 is 0. The van der Waals surface area contributed by atoms with Crippen molar-refractivity contribution in [2.45, 2.75) is 42.9 Å². The van der Waals surface area contributed by atoms with Gasteiger partial charge in [-0.25, -0.2) is 0 Å². The normalized spacial score (nSPS) is 16.4. The number of hydrogen-bond acceptors (Lipinski definition) is 3. The topological polar surface area (TPSA) is 55.1 Å². The maximum Gasteiger partial charge on any atom is 0.252 e. The van der Waals surface area contributed by atoms with Crippen molar-refractivity contribution >= 4 is 17.7 Å². The molecule has 3 N–H and O–H groups in total. The van der Waals surface area contributed by atoms with Crippen molar-refractivity contribution in [2.24, 2.45) is 11.7 Å². The summed E-state index contributed by atoms with van der Waals surface area (Å²) in [6.07, 6.45) is 2.41. The number of rotatable bonds is 6. The third kappa shape index (κ3) is 4.25. The van der Waals surface area contributed by atoms with Gasteiger partial charge in [0, 0.05) is 22.7 Å². The lowest BCUT2D eigenvalue weighted by Gasteiger charge is -2.14. The number of amides is 1. The lowest BCUT2D eigenvalue weighted by Crippen LogP contribution is -2.38. The van der Waals surface area contributed by atoms with Crippen LogP contribution in [0.4, 0.5) is 0 Å². The van der Waals surface area contributed by atoms with Crippen LogP contribution < -0.4 is 11.1 Å². The molecule has 1 aliphatic rings. The highest BCUT2D eigenvalue weighted by molar-refractivity contribution is 8.00. The van der Waals surface area contributed by atoms with E-state index in [0.29, 0.717) is 17.7 Å². The Hall–Kier alpha value is -1.00. The fourth-order valence-electron chi connectivity index (χ4n) is 2.01. The van der Waals surface area contributed by atoms with Crippen LogP contribution in [0.15, 0.2) is 29.2 Å². The molecule has 1 saturated carbocycles. The summed E-state index contributed by atoms with van der Waals surface area (Å²) in [5, 5.41) is 3.42. The quantitative estimate of drug-likeness (QED) is 0.787. The van der Waals surface area contributed by atoms with Gasteiger partial charge in [0.25, 0.3) is 5.91 Å². The van der Waals surface area contributed by atoms with E-state index in [4.69, 9.17) is 5.73 Å². The molecule has 1 aliphatic carbocycles. The highest BCUT2D eigenvalue weighted by atomic mass is 32.2. The van der Waals surface area contributed by atoms with Gasteiger partial charge in [-0.05, 0) is 30.9 Å². The van der Waals surface area contributed by atoms with Crippen molar-refractivity contribution in [1.29, 1.82) is 0 Å². The Balaban J connectivity index is 1.97. The molecule has 1 atom stereocenters. The molecule has 4 heteroatoms. The van der Waals surface area contributed by atoms with E-state index in [-0.39, 0.29) is 11.9 Å². The first kappa shape index (κ1) is 14.4. The van der Waals surface area contributed by atoms with E-state index in [9.17, 15) is 4.79 Å². The number of benzene rings is 1. The number of nitrogens with two attached hydrogens (primary N) is 1. The first-order valence-electron chi connectivity index (χ1n) is 6.87. The molecule has 0 radical (unpaired) electrons. The van der Waals surface area contributed by atoms with Crippen LogP contribution in [0, 0.1) is 5.92 Å². The first-order valence-corrected chi connectivity index (χ1v) is 7.75. The molecule has 3 nitrogen and oxygen atoms in total. The van der Waals surface area contributed by atoms with Crippen molar-refractivity contribution in [1.82, 2.24) is 5.32 Å². The third-order valence-electron chi connectivity index (χ3n) is 3.22.